The van der Waals surface area contributed by atoms with Gasteiger partial charge >= 0.3 is 0 Å². The second kappa shape index (κ2) is 6.53. The van der Waals surface area contributed by atoms with Crippen molar-refractivity contribution in [2.24, 2.45) is 10.8 Å². The van der Waals surface area contributed by atoms with Crippen molar-refractivity contribution in [3.05, 3.63) is 17.8 Å². The van der Waals surface area contributed by atoms with Crippen LogP contribution in [0.3, 0.4) is 0 Å². The maximum Gasteiger partial charge on any atom is 0.228 e. The molecule has 2 aliphatic heterocycles. The van der Waals surface area contributed by atoms with E-state index in [0.29, 0.717) is 17.0 Å². The molecule has 0 aromatic carbocycles. The minimum atomic E-state index is -0.000951. The molecule has 3 heterocycles. The second-order valence-corrected chi connectivity index (χ2v) is 8.38. The van der Waals surface area contributed by atoms with Crippen LogP contribution in [0.1, 0.15) is 57.6 Å². The number of carbonyl (C=O) groups is 1. The minimum Gasteiger partial charge on any atom is -0.355 e. The van der Waals surface area contributed by atoms with Gasteiger partial charge in [0.25, 0.3) is 0 Å². The molecule has 4 rings (SSSR count). The molecule has 3 aliphatic rings. The smallest absolute Gasteiger partial charge is 0.228 e. The van der Waals surface area contributed by atoms with Gasteiger partial charge < -0.3 is 9.80 Å². The SMILES string of the molecule is CCCC1(C(=O)N2CCC3(CC2)CCN(c2ccc(C#N)nn2)C3)CC1. The number of nitriles is 1. The Kier molecular flexibility index (Phi) is 4.34. The molecule has 1 aromatic rings. The van der Waals surface area contributed by atoms with Gasteiger partial charge in [-0.15, -0.1) is 10.2 Å². The monoisotopic (exact) mass is 353 g/mol. The molecular weight excluding hydrogens is 326 g/mol. The Morgan fingerprint density at radius 3 is 2.46 bits per heavy atom. The fourth-order valence-electron chi connectivity index (χ4n) is 4.81. The van der Waals surface area contributed by atoms with Crippen LogP contribution in [0.4, 0.5) is 5.82 Å². The molecule has 1 aliphatic carbocycles. The molecule has 1 aromatic heterocycles. The van der Waals surface area contributed by atoms with Gasteiger partial charge in [-0.1, -0.05) is 13.3 Å². The zero-order valence-electron chi connectivity index (χ0n) is 15.6. The Bertz CT molecular complexity index is 711. The van der Waals surface area contributed by atoms with Crippen LogP contribution in [0.15, 0.2) is 12.1 Å². The molecule has 0 bridgehead atoms. The van der Waals surface area contributed by atoms with E-state index in [1.165, 1.54) is 0 Å². The van der Waals surface area contributed by atoms with E-state index in [1.807, 2.05) is 12.1 Å². The Balaban J connectivity index is 1.36. The number of piperidine rings is 1. The van der Waals surface area contributed by atoms with Gasteiger partial charge in [0.15, 0.2) is 11.5 Å². The molecule has 6 nitrogen and oxygen atoms in total. The third-order valence-corrected chi connectivity index (χ3v) is 6.67. The predicted molar refractivity (Wildman–Crippen MR) is 98.4 cm³/mol. The van der Waals surface area contributed by atoms with Crippen LogP contribution in [0.25, 0.3) is 0 Å². The van der Waals surface area contributed by atoms with Gasteiger partial charge in [-0.2, -0.15) is 5.26 Å². The summed E-state index contributed by atoms with van der Waals surface area (Å²) in [6.07, 6.45) is 7.65. The normalized spacial score (nSPS) is 23.1. The fourth-order valence-corrected chi connectivity index (χ4v) is 4.81. The first-order chi connectivity index (χ1) is 12.6. The van der Waals surface area contributed by atoms with Crippen LogP contribution >= 0.6 is 0 Å². The maximum absolute atomic E-state index is 12.9. The molecule has 3 fully saturated rings. The van der Waals surface area contributed by atoms with E-state index < -0.39 is 0 Å². The molecule has 6 heteroatoms. The van der Waals surface area contributed by atoms with Crippen molar-refractivity contribution in [3.8, 4) is 6.07 Å². The summed E-state index contributed by atoms with van der Waals surface area (Å²) < 4.78 is 0. The van der Waals surface area contributed by atoms with Crippen LogP contribution in [-0.4, -0.2) is 47.2 Å². The van der Waals surface area contributed by atoms with Crippen molar-refractivity contribution >= 4 is 11.7 Å². The van der Waals surface area contributed by atoms with Gasteiger partial charge in [0.1, 0.15) is 6.07 Å². The topological polar surface area (TPSA) is 73.1 Å². The van der Waals surface area contributed by atoms with Gasteiger partial charge in [0.2, 0.25) is 5.91 Å². The van der Waals surface area contributed by atoms with E-state index >= 15 is 0 Å². The Labute approximate surface area is 155 Å². The van der Waals surface area contributed by atoms with E-state index in [9.17, 15) is 4.79 Å². The summed E-state index contributed by atoms with van der Waals surface area (Å²) in [5, 5.41) is 17.0. The highest BCUT2D eigenvalue weighted by atomic mass is 16.2. The standard InChI is InChI=1S/C20H27N5O/c1-2-5-20(6-7-20)18(26)24-11-8-19(9-12-24)10-13-25(15-19)17-4-3-16(14-21)22-23-17/h3-4H,2,5-13,15H2,1H3. The van der Waals surface area contributed by atoms with Crippen molar-refractivity contribution in [1.29, 1.82) is 5.26 Å². The van der Waals surface area contributed by atoms with Gasteiger partial charge in [-0.25, -0.2) is 0 Å². The lowest BCUT2D eigenvalue weighted by molar-refractivity contribution is -0.139. The number of amides is 1. The average Bonchev–Trinajstić information content (AvgIpc) is 3.36. The lowest BCUT2D eigenvalue weighted by Crippen LogP contribution is -2.47. The Morgan fingerprint density at radius 2 is 1.88 bits per heavy atom. The van der Waals surface area contributed by atoms with Crippen LogP contribution in [-0.2, 0) is 4.79 Å². The number of hydrogen-bond acceptors (Lipinski definition) is 5. The molecule has 138 valence electrons. The maximum atomic E-state index is 12.9. The molecule has 26 heavy (non-hydrogen) atoms. The fraction of sp³-hybridized carbons (Fsp3) is 0.700. The number of rotatable bonds is 4. The third kappa shape index (κ3) is 3.04. The number of nitrogens with zero attached hydrogens (tertiary/aromatic N) is 5. The molecule has 0 radical (unpaired) electrons. The van der Waals surface area contributed by atoms with E-state index in [0.717, 1.165) is 76.9 Å². The molecule has 1 amide bonds. The summed E-state index contributed by atoms with van der Waals surface area (Å²) in [4.78, 5) is 17.3. The number of aromatic nitrogens is 2. The molecule has 1 saturated carbocycles. The number of carbonyl (C=O) groups excluding carboxylic acids is 1. The van der Waals surface area contributed by atoms with Crippen LogP contribution < -0.4 is 4.90 Å². The zero-order chi connectivity index (χ0) is 18.2. The van der Waals surface area contributed by atoms with Gasteiger partial charge in [-0.3, -0.25) is 4.79 Å². The van der Waals surface area contributed by atoms with Crippen LogP contribution in [0, 0.1) is 22.2 Å². The minimum absolute atomic E-state index is 0.000951. The number of likely N-dealkylation sites (tertiary alicyclic amines) is 1. The molecule has 0 atom stereocenters. The van der Waals surface area contributed by atoms with Crippen molar-refractivity contribution in [1.82, 2.24) is 15.1 Å². The molecular formula is C20H27N5O. The van der Waals surface area contributed by atoms with Crippen molar-refractivity contribution in [2.45, 2.75) is 51.9 Å². The van der Waals surface area contributed by atoms with E-state index in [4.69, 9.17) is 5.26 Å². The van der Waals surface area contributed by atoms with Crippen molar-refractivity contribution < 1.29 is 4.79 Å². The lowest BCUT2D eigenvalue weighted by Gasteiger charge is -2.40. The second-order valence-electron chi connectivity index (χ2n) is 8.38. The van der Waals surface area contributed by atoms with Crippen LogP contribution in [0.2, 0.25) is 0 Å². The highest BCUT2D eigenvalue weighted by molar-refractivity contribution is 5.85. The summed E-state index contributed by atoms with van der Waals surface area (Å²) in [7, 11) is 0. The van der Waals surface area contributed by atoms with Crippen molar-refractivity contribution in [3.63, 3.8) is 0 Å². The summed E-state index contributed by atoms with van der Waals surface area (Å²) in [5.74, 6) is 1.28. The highest BCUT2D eigenvalue weighted by Gasteiger charge is 2.52. The van der Waals surface area contributed by atoms with Crippen LogP contribution in [0.5, 0.6) is 0 Å². The largest absolute Gasteiger partial charge is 0.355 e. The van der Waals surface area contributed by atoms with Crippen molar-refractivity contribution in [2.75, 3.05) is 31.1 Å². The molecule has 0 unspecified atom stereocenters. The third-order valence-electron chi connectivity index (χ3n) is 6.67. The zero-order valence-corrected chi connectivity index (χ0v) is 15.6. The summed E-state index contributed by atoms with van der Waals surface area (Å²) in [6.45, 7) is 5.94. The quantitative estimate of drug-likeness (QED) is 0.832. The average molecular weight is 353 g/mol. The summed E-state index contributed by atoms with van der Waals surface area (Å²) in [5.41, 5.74) is 0.655. The first kappa shape index (κ1) is 17.3. The van der Waals surface area contributed by atoms with Gasteiger partial charge in [0, 0.05) is 31.6 Å². The van der Waals surface area contributed by atoms with E-state index in [-0.39, 0.29) is 5.41 Å². The van der Waals surface area contributed by atoms with E-state index in [2.05, 4.69) is 26.9 Å². The summed E-state index contributed by atoms with van der Waals surface area (Å²) in [6, 6.07) is 5.64. The summed E-state index contributed by atoms with van der Waals surface area (Å²) >= 11 is 0. The molecule has 2 saturated heterocycles. The first-order valence-electron chi connectivity index (χ1n) is 9.88. The molecule has 0 N–H and O–H groups in total. The first-order valence-corrected chi connectivity index (χ1v) is 9.88. The van der Waals surface area contributed by atoms with Gasteiger partial charge in [0.05, 0.1) is 0 Å². The number of hydrogen-bond donors (Lipinski definition) is 0. The lowest BCUT2D eigenvalue weighted by atomic mass is 9.77. The Morgan fingerprint density at radius 1 is 1.15 bits per heavy atom. The molecule has 1 spiro atoms. The van der Waals surface area contributed by atoms with E-state index in [1.54, 1.807) is 6.07 Å². The Hall–Kier alpha value is -2.16. The highest BCUT2D eigenvalue weighted by Crippen LogP contribution is 2.52. The predicted octanol–water partition coefficient (Wildman–Crippen LogP) is 2.75. The van der Waals surface area contributed by atoms with Gasteiger partial charge in [-0.05, 0) is 56.1 Å². The number of anilines is 1.